The number of fused-ring (bicyclic) bond motifs is 1. The van der Waals surface area contributed by atoms with E-state index in [1.54, 1.807) is 12.4 Å². The number of carbonyl (C=O) groups is 1. The fourth-order valence-corrected chi connectivity index (χ4v) is 3.39. The number of hydrogen-bond acceptors (Lipinski definition) is 3. The van der Waals surface area contributed by atoms with Gasteiger partial charge in [-0.25, -0.2) is 0 Å². The lowest BCUT2D eigenvalue weighted by Gasteiger charge is -2.06. The quantitative estimate of drug-likeness (QED) is 0.510. The molecule has 3 heterocycles. The Morgan fingerprint density at radius 1 is 0.929 bits per heavy atom. The molecule has 0 saturated heterocycles. The lowest BCUT2D eigenvalue weighted by Crippen LogP contribution is -2.22. The second-order valence-corrected chi connectivity index (χ2v) is 6.69. The number of para-hydroxylation sites is 1. The summed E-state index contributed by atoms with van der Waals surface area (Å²) in [6.07, 6.45) is 5.60. The minimum absolute atomic E-state index is 0.0462. The van der Waals surface area contributed by atoms with E-state index in [-0.39, 0.29) is 5.91 Å². The number of carbonyl (C=O) groups excluding carboxylic acids is 1. The molecule has 0 fully saturated rings. The molecule has 0 bridgehead atoms. The Balaban J connectivity index is 1.43. The van der Waals surface area contributed by atoms with Crippen molar-refractivity contribution in [1.29, 1.82) is 0 Å². The number of pyridine rings is 2. The topological polar surface area (TPSA) is 70.7 Å². The SMILES string of the molecule is O=C(CCCc1c(-c2ccccn2)[nH]c2ccccc12)NCc1ccccn1. The first-order chi connectivity index (χ1) is 13.8. The molecule has 0 atom stereocenters. The summed E-state index contributed by atoms with van der Waals surface area (Å²) < 4.78 is 0. The molecular weight excluding hydrogens is 348 g/mol. The maximum absolute atomic E-state index is 12.2. The Bertz CT molecular complexity index is 1060. The first-order valence-corrected chi connectivity index (χ1v) is 9.49. The molecule has 0 saturated carbocycles. The van der Waals surface area contributed by atoms with Crippen LogP contribution < -0.4 is 5.32 Å². The number of hydrogen-bond donors (Lipinski definition) is 2. The molecule has 2 N–H and O–H groups in total. The third-order valence-corrected chi connectivity index (χ3v) is 4.76. The Labute approximate surface area is 163 Å². The van der Waals surface area contributed by atoms with E-state index in [0.717, 1.165) is 35.4 Å². The maximum atomic E-state index is 12.2. The number of benzene rings is 1. The zero-order valence-corrected chi connectivity index (χ0v) is 15.6. The van der Waals surface area contributed by atoms with Crippen LogP contribution in [-0.4, -0.2) is 20.9 Å². The summed E-state index contributed by atoms with van der Waals surface area (Å²) in [5.41, 5.74) is 5.14. The zero-order valence-electron chi connectivity index (χ0n) is 15.6. The van der Waals surface area contributed by atoms with Crippen LogP contribution in [0.1, 0.15) is 24.1 Å². The number of rotatable bonds is 7. The molecule has 0 spiro atoms. The third-order valence-electron chi connectivity index (χ3n) is 4.76. The summed E-state index contributed by atoms with van der Waals surface area (Å²) in [4.78, 5) is 24.4. The number of H-pyrrole nitrogens is 1. The summed E-state index contributed by atoms with van der Waals surface area (Å²) in [5, 5.41) is 4.13. The molecule has 5 nitrogen and oxygen atoms in total. The molecule has 0 aliphatic rings. The van der Waals surface area contributed by atoms with Crippen molar-refractivity contribution in [2.24, 2.45) is 0 Å². The largest absolute Gasteiger partial charge is 0.353 e. The predicted molar refractivity (Wildman–Crippen MR) is 111 cm³/mol. The fraction of sp³-hybridized carbons (Fsp3) is 0.174. The fourth-order valence-electron chi connectivity index (χ4n) is 3.39. The molecule has 140 valence electrons. The molecule has 3 aromatic heterocycles. The second-order valence-electron chi connectivity index (χ2n) is 6.69. The summed E-state index contributed by atoms with van der Waals surface area (Å²) in [5.74, 6) is 0.0462. The van der Waals surface area contributed by atoms with Gasteiger partial charge < -0.3 is 10.3 Å². The highest BCUT2D eigenvalue weighted by molar-refractivity contribution is 5.90. The van der Waals surface area contributed by atoms with Gasteiger partial charge in [0.15, 0.2) is 0 Å². The van der Waals surface area contributed by atoms with Crippen molar-refractivity contribution >= 4 is 16.8 Å². The van der Waals surface area contributed by atoms with Crippen LogP contribution in [0.3, 0.4) is 0 Å². The monoisotopic (exact) mass is 370 g/mol. The van der Waals surface area contributed by atoms with Crippen molar-refractivity contribution in [3.63, 3.8) is 0 Å². The lowest BCUT2D eigenvalue weighted by molar-refractivity contribution is -0.121. The second kappa shape index (κ2) is 8.48. The molecule has 4 aromatic rings. The normalized spacial score (nSPS) is 10.9. The molecule has 1 aromatic carbocycles. The highest BCUT2D eigenvalue weighted by atomic mass is 16.1. The zero-order chi connectivity index (χ0) is 19.2. The average molecular weight is 370 g/mol. The van der Waals surface area contributed by atoms with E-state index < -0.39 is 0 Å². The van der Waals surface area contributed by atoms with Gasteiger partial charge in [-0.1, -0.05) is 30.3 Å². The highest BCUT2D eigenvalue weighted by Gasteiger charge is 2.14. The number of nitrogens with zero attached hydrogens (tertiary/aromatic N) is 2. The minimum Gasteiger partial charge on any atom is -0.353 e. The third kappa shape index (κ3) is 4.09. The Morgan fingerprint density at radius 3 is 2.50 bits per heavy atom. The molecular formula is C23H22N4O. The summed E-state index contributed by atoms with van der Waals surface area (Å²) >= 11 is 0. The molecule has 0 unspecified atom stereocenters. The van der Waals surface area contributed by atoms with E-state index in [0.29, 0.717) is 13.0 Å². The van der Waals surface area contributed by atoms with Gasteiger partial charge in [-0.3, -0.25) is 14.8 Å². The molecule has 28 heavy (non-hydrogen) atoms. The van der Waals surface area contributed by atoms with Crippen molar-refractivity contribution in [2.75, 3.05) is 0 Å². The van der Waals surface area contributed by atoms with Gasteiger partial charge in [-0.2, -0.15) is 0 Å². The van der Waals surface area contributed by atoms with Gasteiger partial charge in [0.05, 0.1) is 23.6 Å². The van der Waals surface area contributed by atoms with Crippen molar-refractivity contribution < 1.29 is 4.79 Å². The molecule has 0 aliphatic carbocycles. The van der Waals surface area contributed by atoms with Gasteiger partial charge in [-0.05, 0) is 48.7 Å². The number of aromatic amines is 1. The van der Waals surface area contributed by atoms with E-state index >= 15 is 0 Å². The molecule has 0 aliphatic heterocycles. The Hall–Kier alpha value is -3.47. The smallest absolute Gasteiger partial charge is 0.220 e. The van der Waals surface area contributed by atoms with Crippen LogP contribution >= 0.6 is 0 Å². The van der Waals surface area contributed by atoms with Crippen LogP contribution in [0.25, 0.3) is 22.3 Å². The first-order valence-electron chi connectivity index (χ1n) is 9.49. The van der Waals surface area contributed by atoms with Gasteiger partial charge in [0, 0.05) is 29.7 Å². The Kier molecular flexibility index (Phi) is 5.43. The van der Waals surface area contributed by atoms with Gasteiger partial charge in [0.25, 0.3) is 0 Å². The van der Waals surface area contributed by atoms with Gasteiger partial charge in [-0.15, -0.1) is 0 Å². The van der Waals surface area contributed by atoms with Gasteiger partial charge >= 0.3 is 0 Å². The van der Waals surface area contributed by atoms with Crippen LogP contribution in [0.15, 0.2) is 73.1 Å². The van der Waals surface area contributed by atoms with Crippen LogP contribution in [-0.2, 0) is 17.8 Å². The summed E-state index contributed by atoms with van der Waals surface area (Å²) in [7, 11) is 0. The van der Waals surface area contributed by atoms with Crippen molar-refractivity contribution in [3.8, 4) is 11.4 Å². The first kappa shape index (κ1) is 17.9. The van der Waals surface area contributed by atoms with Crippen molar-refractivity contribution in [1.82, 2.24) is 20.3 Å². The van der Waals surface area contributed by atoms with Crippen molar-refractivity contribution in [2.45, 2.75) is 25.8 Å². The highest BCUT2D eigenvalue weighted by Crippen LogP contribution is 2.30. The van der Waals surface area contributed by atoms with Crippen LogP contribution in [0.2, 0.25) is 0 Å². The molecule has 5 heteroatoms. The van der Waals surface area contributed by atoms with Crippen LogP contribution in [0.4, 0.5) is 0 Å². The summed E-state index contributed by atoms with van der Waals surface area (Å²) in [6.45, 7) is 0.464. The Morgan fingerprint density at radius 2 is 1.71 bits per heavy atom. The lowest BCUT2D eigenvalue weighted by atomic mass is 10.0. The van der Waals surface area contributed by atoms with E-state index in [2.05, 4.69) is 32.4 Å². The van der Waals surface area contributed by atoms with Crippen LogP contribution in [0.5, 0.6) is 0 Å². The van der Waals surface area contributed by atoms with Crippen LogP contribution in [0, 0.1) is 0 Å². The number of amides is 1. The van der Waals surface area contributed by atoms with Crippen molar-refractivity contribution in [3.05, 3.63) is 84.3 Å². The molecule has 1 amide bonds. The predicted octanol–water partition coefficient (Wildman–Crippen LogP) is 4.26. The maximum Gasteiger partial charge on any atom is 0.220 e. The standard InChI is InChI=1S/C23H22N4O/c28-22(26-16-17-8-3-5-14-24-17)13-7-10-19-18-9-1-2-11-20(18)27-23(19)21-12-4-6-15-25-21/h1-6,8-9,11-12,14-15,27H,7,10,13,16H2,(H,26,28). The van der Waals surface area contributed by atoms with E-state index in [4.69, 9.17) is 0 Å². The molecule has 0 radical (unpaired) electrons. The minimum atomic E-state index is 0.0462. The number of nitrogens with one attached hydrogen (secondary N) is 2. The number of aromatic nitrogens is 3. The molecule has 4 rings (SSSR count). The summed E-state index contributed by atoms with van der Waals surface area (Å²) in [6, 6.07) is 19.9. The van der Waals surface area contributed by atoms with Gasteiger partial charge in [0.2, 0.25) is 5.91 Å². The van der Waals surface area contributed by atoms with Gasteiger partial charge in [0.1, 0.15) is 0 Å². The number of aryl methyl sites for hydroxylation is 1. The van der Waals surface area contributed by atoms with E-state index in [9.17, 15) is 4.79 Å². The average Bonchev–Trinajstić information content (AvgIpc) is 3.12. The van der Waals surface area contributed by atoms with E-state index in [1.807, 2.05) is 48.5 Å². The van der Waals surface area contributed by atoms with E-state index in [1.165, 1.54) is 10.9 Å².